The van der Waals surface area contributed by atoms with Gasteiger partial charge in [-0.1, -0.05) is 44.5 Å². The predicted octanol–water partition coefficient (Wildman–Crippen LogP) is 3.61. The maximum atomic E-state index is 15.2. The molecule has 3 aromatic rings. The van der Waals surface area contributed by atoms with Crippen LogP contribution in [-0.2, 0) is 26.6 Å². The van der Waals surface area contributed by atoms with E-state index in [2.05, 4.69) is 4.98 Å². The number of imidazole rings is 1. The summed E-state index contributed by atoms with van der Waals surface area (Å²) in [6, 6.07) is 7.85. The molecular weight excluding hydrogens is 467 g/mol. The molecule has 1 aliphatic rings. The molecule has 0 unspecified atom stereocenters. The summed E-state index contributed by atoms with van der Waals surface area (Å²) in [5, 5.41) is 0.528. The van der Waals surface area contributed by atoms with Crippen molar-refractivity contribution in [3.05, 3.63) is 71.0 Å². The summed E-state index contributed by atoms with van der Waals surface area (Å²) in [4.78, 5) is 18.5. The molecule has 2 aromatic carbocycles. The molecule has 1 aliphatic heterocycles. The van der Waals surface area contributed by atoms with Gasteiger partial charge in [-0.05, 0) is 29.8 Å². The largest absolute Gasteiger partial charge is 0.319 e. The van der Waals surface area contributed by atoms with Crippen LogP contribution in [0.25, 0.3) is 5.69 Å². The van der Waals surface area contributed by atoms with Crippen LogP contribution in [0, 0.1) is 5.82 Å². The molecule has 0 bridgehead atoms. The zero-order chi connectivity index (χ0) is 24.1. The van der Waals surface area contributed by atoms with E-state index in [-0.39, 0.29) is 28.2 Å². The van der Waals surface area contributed by atoms with Gasteiger partial charge in [-0.2, -0.15) is 0 Å². The highest BCUT2D eigenvalue weighted by Gasteiger charge is 2.37. The minimum atomic E-state index is -4.01. The second kappa shape index (κ2) is 8.23. The number of benzene rings is 2. The average Bonchev–Trinajstić information content (AvgIpc) is 3.21. The monoisotopic (exact) mass is 490 g/mol. The molecule has 0 fully saturated rings. The second-order valence-electron chi connectivity index (χ2n) is 9.13. The Morgan fingerprint density at radius 3 is 2.45 bits per heavy atom. The van der Waals surface area contributed by atoms with Crippen molar-refractivity contribution in [1.82, 2.24) is 9.55 Å². The Kier molecular flexibility index (Phi) is 5.84. The molecular formula is C23H24ClFN4O3S. The fourth-order valence-corrected chi connectivity index (χ4v) is 5.38. The van der Waals surface area contributed by atoms with E-state index in [0.717, 1.165) is 11.8 Å². The van der Waals surface area contributed by atoms with Gasteiger partial charge in [0.15, 0.2) is 9.84 Å². The first kappa shape index (κ1) is 23.4. The molecule has 4 rings (SSSR count). The van der Waals surface area contributed by atoms with Crippen LogP contribution in [-0.4, -0.2) is 35.7 Å². The van der Waals surface area contributed by atoms with E-state index in [4.69, 9.17) is 17.3 Å². The quantitative estimate of drug-likeness (QED) is 0.604. The zero-order valence-corrected chi connectivity index (χ0v) is 20.0. The number of hydrogen-bond donors (Lipinski definition) is 1. The number of amides is 1. The molecule has 2 heterocycles. The molecule has 0 aliphatic carbocycles. The van der Waals surface area contributed by atoms with Crippen molar-refractivity contribution >= 4 is 33.0 Å². The van der Waals surface area contributed by atoms with Crippen LogP contribution < -0.4 is 10.6 Å². The number of rotatable bonds is 3. The van der Waals surface area contributed by atoms with Gasteiger partial charge in [0, 0.05) is 16.6 Å². The van der Waals surface area contributed by atoms with Crippen LogP contribution >= 0.6 is 11.6 Å². The van der Waals surface area contributed by atoms with E-state index in [1.54, 1.807) is 30.5 Å². The number of sulfone groups is 1. The number of nitrogens with two attached hydrogens (primary N) is 1. The maximum absolute atomic E-state index is 15.2. The van der Waals surface area contributed by atoms with Crippen molar-refractivity contribution < 1.29 is 17.6 Å². The smallest absolute Gasteiger partial charge is 0.245 e. The van der Waals surface area contributed by atoms with E-state index in [1.807, 2.05) is 20.8 Å². The van der Waals surface area contributed by atoms with Crippen molar-refractivity contribution in [3.8, 4) is 5.69 Å². The molecule has 33 heavy (non-hydrogen) atoms. The van der Waals surface area contributed by atoms with Gasteiger partial charge in [-0.3, -0.25) is 4.79 Å². The number of carbonyl (C=O) groups excluding carboxylic acids is 1. The molecule has 0 saturated heterocycles. The predicted molar refractivity (Wildman–Crippen MR) is 125 cm³/mol. The Hall–Kier alpha value is -2.75. The van der Waals surface area contributed by atoms with Gasteiger partial charge < -0.3 is 15.2 Å². The molecule has 174 valence electrons. The van der Waals surface area contributed by atoms with Gasteiger partial charge in [-0.15, -0.1) is 0 Å². The van der Waals surface area contributed by atoms with Crippen molar-refractivity contribution in [2.45, 2.75) is 43.7 Å². The third-order valence-corrected chi connectivity index (χ3v) is 7.57. The minimum absolute atomic E-state index is 0.0501. The van der Waals surface area contributed by atoms with Crippen molar-refractivity contribution in [1.29, 1.82) is 0 Å². The molecule has 2 N–H and O–H groups in total. The van der Waals surface area contributed by atoms with Crippen molar-refractivity contribution in [3.63, 3.8) is 0 Å². The van der Waals surface area contributed by atoms with Gasteiger partial charge in [0.1, 0.15) is 5.82 Å². The SMILES string of the molecule is CC(C)(C)c1cn(-c2cc3c(cc2F)S(=O)(=O)C[C@H](N)C(=O)N3Cc2ccc(Cl)cc2)cn1. The van der Waals surface area contributed by atoms with Crippen molar-refractivity contribution in [2.75, 3.05) is 10.7 Å². The number of halogens is 2. The molecule has 10 heteroatoms. The lowest BCUT2D eigenvalue weighted by Gasteiger charge is -2.25. The van der Waals surface area contributed by atoms with Crippen molar-refractivity contribution in [2.24, 2.45) is 5.73 Å². The van der Waals surface area contributed by atoms with Crippen LogP contribution in [0.4, 0.5) is 10.1 Å². The van der Waals surface area contributed by atoms with E-state index in [0.29, 0.717) is 10.6 Å². The number of hydrogen-bond acceptors (Lipinski definition) is 5. The summed E-state index contributed by atoms with van der Waals surface area (Å²) in [7, 11) is -4.01. The first-order chi connectivity index (χ1) is 15.4. The fourth-order valence-electron chi connectivity index (χ4n) is 3.68. The van der Waals surface area contributed by atoms with Gasteiger partial charge in [-0.25, -0.2) is 17.8 Å². The first-order valence-electron chi connectivity index (χ1n) is 10.3. The highest BCUT2D eigenvalue weighted by Crippen LogP contribution is 2.35. The number of carbonyl (C=O) groups is 1. The lowest BCUT2D eigenvalue weighted by atomic mass is 9.93. The van der Waals surface area contributed by atoms with E-state index in [9.17, 15) is 13.2 Å². The summed E-state index contributed by atoms with van der Waals surface area (Å²) in [5.74, 6) is -1.91. The fraction of sp³-hybridized carbons (Fsp3) is 0.304. The maximum Gasteiger partial charge on any atom is 0.245 e. The molecule has 0 spiro atoms. The lowest BCUT2D eigenvalue weighted by molar-refractivity contribution is -0.119. The van der Waals surface area contributed by atoms with Crippen LogP contribution in [0.15, 0.2) is 53.8 Å². The normalized spacial score (nSPS) is 18.2. The topological polar surface area (TPSA) is 98.3 Å². The van der Waals surface area contributed by atoms with Crippen LogP contribution in [0.3, 0.4) is 0 Å². The second-order valence-corrected chi connectivity index (χ2v) is 11.6. The number of nitrogens with zero attached hydrogens (tertiary/aromatic N) is 3. The number of anilines is 1. The molecule has 7 nitrogen and oxygen atoms in total. The summed E-state index contributed by atoms with van der Waals surface area (Å²) in [5.41, 5.74) is 7.28. The van der Waals surface area contributed by atoms with Crippen LogP contribution in [0.2, 0.25) is 5.02 Å². The first-order valence-corrected chi connectivity index (χ1v) is 12.3. The summed E-state index contributed by atoms with van der Waals surface area (Å²) in [6.07, 6.45) is 3.15. The van der Waals surface area contributed by atoms with E-state index < -0.39 is 33.4 Å². The van der Waals surface area contributed by atoms with Crippen LogP contribution in [0.5, 0.6) is 0 Å². The Balaban J connectivity index is 1.89. The zero-order valence-electron chi connectivity index (χ0n) is 18.4. The highest BCUT2D eigenvalue weighted by atomic mass is 35.5. The summed E-state index contributed by atoms with van der Waals surface area (Å²) < 4.78 is 42.6. The third kappa shape index (κ3) is 4.53. The molecule has 0 saturated carbocycles. The summed E-state index contributed by atoms with van der Waals surface area (Å²) in [6.45, 7) is 5.99. The molecule has 0 radical (unpaired) electrons. The molecule has 1 amide bonds. The lowest BCUT2D eigenvalue weighted by Crippen LogP contribution is -2.45. The van der Waals surface area contributed by atoms with Gasteiger partial charge in [0.25, 0.3) is 0 Å². The average molecular weight is 491 g/mol. The van der Waals surface area contributed by atoms with Gasteiger partial charge in [0.2, 0.25) is 5.91 Å². The Morgan fingerprint density at radius 1 is 1.18 bits per heavy atom. The highest BCUT2D eigenvalue weighted by molar-refractivity contribution is 7.91. The molecule has 1 aromatic heterocycles. The standard InChI is InChI=1S/C23H24ClFN4O3S/c1-23(2,3)21-11-28(13-27-21)18-9-19-20(8-16(18)25)33(31,32)12-17(26)22(30)29(19)10-14-4-6-15(24)7-5-14/h4-9,11,13,17H,10,12,26H2,1-3H3/t17-/m0/s1. The number of aromatic nitrogens is 2. The van der Waals surface area contributed by atoms with Gasteiger partial charge in [0.05, 0.1) is 46.6 Å². The Bertz CT molecular complexity index is 1330. The van der Waals surface area contributed by atoms with E-state index >= 15 is 4.39 Å². The van der Waals surface area contributed by atoms with Gasteiger partial charge >= 0.3 is 0 Å². The number of fused-ring (bicyclic) bond motifs is 1. The minimum Gasteiger partial charge on any atom is -0.319 e. The van der Waals surface area contributed by atoms with E-state index in [1.165, 1.54) is 21.9 Å². The van der Waals surface area contributed by atoms with Crippen LogP contribution in [0.1, 0.15) is 32.0 Å². The summed E-state index contributed by atoms with van der Waals surface area (Å²) >= 11 is 5.96. The molecule has 1 atom stereocenters. The Morgan fingerprint density at radius 2 is 1.85 bits per heavy atom. The third-order valence-electron chi connectivity index (χ3n) is 5.52. The Labute approximate surface area is 196 Å².